The molecule has 0 aliphatic carbocycles. The number of fused-ring (bicyclic) bond motifs is 2. The summed E-state index contributed by atoms with van der Waals surface area (Å²) in [6.07, 6.45) is 3.44. The Balaban J connectivity index is 1.61. The molecular weight excluding hydrogens is 390 g/mol. The third-order valence-corrected chi connectivity index (χ3v) is 5.80. The molecule has 2 aromatic carbocycles. The number of pyridine rings is 1. The lowest BCUT2D eigenvalue weighted by atomic mass is 10.1. The standard InChI is InChI=1S/C23H21N7O/c1-15-27-22-19(23-25-14-26-28-23)11-18(29-6-8-31-9-7-29)12-20(22)30(15)21-10-16-4-2-3-5-17(16)13-24-21/h2-5,10-14H,6-9H2,1H3,(H,25,26,28). The first-order chi connectivity index (χ1) is 15.3. The Labute approximate surface area is 178 Å². The van der Waals surface area contributed by atoms with E-state index in [9.17, 15) is 0 Å². The predicted molar refractivity (Wildman–Crippen MR) is 120 cm³/mol. The van der Waals surface area contributed by atoms with Gasteiger partial charge in [-0.1, -0.05) is 24.3 Å². The number of aromatic nitrogens is 6. The molecule has 0 bridgehead atoms. The van der Waals surface area contributed by atoms with Crippen LogP contribution in [0.15, 0.2) is 55.0 Å². The zero-order valence-electron chi connectivity index (χ0n) is 17.1. The zero-order chi connectivity index (χ0) is 20.8. The number of imidazole rings is 1. The van der Waals surface area contributed by atoms with E-state index < -0.39 is 0 Å². The fourth-order valence-electron chi connectivity index (χ4n) is 4.28. The van der Waals surface area contributed by atoms with Gasteiger partial charge in [-0.2, -0.15) is 5.10 Å². The Morgan fingerprint density at radius 2 is 1.84 bits per heavy atom. The van der Waals surface area contributed by atoms with Gasteiger partial charge in [0.1, 0.15) is 23.5 Å². The minimum atomic E-state index is 0.705. The van der Waals surface area contributed by atoms with E-state index >= 15 is 0 Å². The van der Waals surface area contributed by atoms with E-state index in [4.69, 9.17) is 14.7 Å². The first-order valence-corrected chi connectivity index (χ1v) is 10.3. The molecule has 1 saturated heterocycles. The van der Waals surface area contributed by atoms with E-state index in [0.717, 1.165) is 71.0 Å². The molecule has 154 valence electrons. The number of morpholine rings is 1. The number of nitrogens with one attached hydrogen (secondary N) is 1. The average Bonchev–Trinajstić information content (AvgIpc) is 3.46. The largest absolute Gasteiger partial charge is 0.378 e. The predicted octanol–water partition coefficient (Wildman–Crippen LogP) is 3.50. The number of anilines is 1. The van der Waals surface area contributed by atoms with Gasteiger partial charge < -0.3 is 9.64 Å². The van der Waals surface area contributed by atoms with E-state index in [0.29, 0.717) is 5.82 Å². The summed E-state index contributed by atoms with van der Waals surface area (Å²) < 4.78 is 7.67. The average molecular weight is 411 g/mol. The second kappa shape index (κ2) is 7.17. The van der Waals surface area contributed by atoms with E-state index in [1.165, 1.54) is 6.33 Å². The molecule has 31 heavy (non-hydrogen) atoms. The van der Waals surface area contributed by atoms with Crippen LogP contribution in [0.5, 0.6) is 0 Å². The van der Waals surface area contributed by atoms with Crippen LogP contribution in [0.1, 0.15) is 5.82 Å². The molecule has 0 atom stereocenters. The van der Waals surface area contributed by atoms with Crippen LogP contribution in [-0.2, 0) is 4.74 Å². The molecule has 8 heteroatoms. The second-order valence-electron chi connectivity index (χ2n) is 7.68. The van der Waals surface area contributed by atoms with Crippen molar-refractivity contribution < 1.29 is 4.74 Å². The van der Waals surface area contributed by atoms with Crippen molar-refractivity contribution in [3.05, 3.63) is 60.8 Å². The number of aryl methyl sites for hydroxylation is 1. The first kappa shape index (κ1) is 18.0. The van der Waals surface area contributed by atoms with Gasteiger partial charge in [-0.15, -0.1) is 0 Å². The topological polar surface area (TPSA) is 84.8 Å². The molecule has 1 aliphatic rings. The van der Waals surface area contributed by atoms with Crippen LogP contribution in [0.2, 0.25) is 0 Å². The molecule has 0 amide bonds. The van der Waals surface area contributed by atoms with Gasteiger partial charge in [-0.05, 0) is 30.5 Å². The van der Waals surface area contributed by atoms with Crippen molar-refractivity contribution in [2.24, 2.45) is 0 Å². The lowest BCUT2D eigenvalue weighted by Crippen LogP contribution is -2.36. The maximum atomic E-state index is 5.55. The van der Waals surface area contributed by atoms with Gasteiger partial charge in [-0.25, -0.2) is 15.0 Å². The van der Waals surface area contributed by atoms with E-state index in [1.54, 1.807) is 0 Å². The number of rotatable bonds is 3. The highest BCUT2D eigenvalue weighted by Gasteiger charge is 2.20. The van der Waals surface area contributed by atoms with Crippen LogP contribution < -0.4 is 4.90 Å². The maximum absolute atomic E-state index is 5.55. The SMILES string of the molecule is Cc1nc2c(-c3ncn[nH]3)cc(N3CCOCC3)cc2n1-c1cc2ccccc2cn1. The summed E-state index contributed by atoms with van der Waals surface area (Å²) in [6.45, 7) is 5.15. The Bertz CT molecular complexity index is 1380. The normalized spacial score (nSPS) is 14.5. The third kappa shape index (κ3) is 3.03. The van der Waals surface area contributed by atoms with Crippen LogP contribution in [0.3, 0.4) is 0 Å². The highest BCUT2D eigenvalue weighted by atomic mass is 16.5. The van der Waals surface area contributed by atoms with Crippen LogP contribution in [0.4, 0.5) is 5.69 Å². The van der Waals surface area contributed by atoms with Gasteiger partial charge in [-0.3, -0.25) is 9.67 Å². The summed E-state index contributed by atoms with van der Waals surface area (Å²) >= 11 is 0. The van der Waals surface area contributed by atoms with Crippen molar-refractivity contribution in [2.75, 3.05) is 31.2 Å². The highest BCUT2D eigenvalue weighted by Crippen LogP contribution is 2.34. The molecule has 0 unspecified atom stereocenters. The van der Waals surface area contributed by atoms with Crippen molar-refractivity contribution in [2.45, 2.75) is 6.92 Å². The number of H-pyrrole nitrogens is 1. The molecule has 1 fully saturated rings. The highest BCUT2D eigenvalue weighted by molar-refractivity contribution is 5.95. The van der Waals surface area contributed by atoms with Crippen molar-refractivity contribution in [3.63, 3.8) is 0 Å². The fraction of sp³-hybridized carbons (Fsp3) is 0.217. The van der Waals surface area contributed by atoms with Gasteiger partial charge >= 0.3 is 0 Å². The molecule has 0 saturated carbocycles. The molecular formula is C23H21N7O. The Hall–Kier alpha value is -3.78. The smallest absolute Gasteiger partial charge is 0.157 e. The molecule has 8 nitrogen and oxygen atoms in total. The van der Waals surface area contributed by atoms with E-state index in [2.05, 4.69) is 55.0 Å². The van der Waals surface area contributed by atoms with Crippen molar-refractivity contribution >= 4 is 27.5 Å². The number of benzene rings is 2. The Morgan fingerprint density at radius 1 is 1.00 bits per heavy atom. The minimum absolute atomic E-state index is 0.705. The van der Waals surface area contributed by atoms with E-state index in [-0.39, 0.29) is 0 Å². The molecule has 4 heterocycles. The summed E-state index contributed by atoms with van der Waals surface area (Å²) in [5, 5.41) is 9.31. The summed E-state index contributed by atoms with van der Waals surface area (Å²) in [6, 6.07) is 14.7. The number of hydrogen-bond donors (Lipinski definition) is 1. The minimum Gasteiger partial charge on any atom is -0.378 e. The number of nitrogens with zero attached hydrogens (tertiary/aromatic N) is 6. The lowest BCUT2D eigenvalue weighted by Gasteiger charge is -2.29. The quantitative estimate of drug-likeness (QED) is 0.489. The van der Waals surface area contributed by atoms with Gasteiger partial charge in [0.2, 0.25) is 0 Å². The monoisotopic (exact) mass is 411 g/mol. The Kier molecular flexibility index (Phi) is 4.17. The van der Waals surface area contributed by atoms with Gasteiger partial charge in [0.15, 0.2) is 5.82 Å². The molecule has 1 N–H and O–H groups in total. The van der Waals surface area contributed by atoms with E-state index in [1.807, 2.05) is 25.3 Å². The molecule has 6 rings (SSSR count). The number of hydrogen-bond acceptors (Lipinski definition) is 6. The maximum Gasteiger partial charge on any atom is 0.157 e. The van der Waals surface area contributed by atoms with Crippen LogP contribution in [-0.4, -0.2) is 56.0 Å². The van der Waals surface area contributed by atoms with Crippen molar-refractivity contribution in [3.8, 4) is 17.2 Å². The Morgan fingerprint density at radius 3 is 2.65 bits per heavy atom. The molecule has 5 aromatic rings. The third-order valence-electron chi connectivity index (χ3n) is 5.80. The zero-order valence-corrected chi connectivity index (χ0v) is 17.1. The molecule has 0 radical (unpaired) electrons. The summed E-state index contributed by atoms with van der Waals surface area (Å²) in [5.74, 6) is 2.43. The fourth-order valence-corrected chi connectivity index (χ4v) is 4.28. The summed E-state index contributed by atoms with van der Waals surface area (Å²) in [5.41, 5.74) is 3.92. The van der Waals surface area contributed by atoms with Gasteiger partial charge in [0.25, 0.3) is 0 Å². The second-order valence-corrected chi connectivity index (χ2v) is 7.68. The number of ether oxygens (including phenoxy) is 1. The van der Waals surface area contributed by atoms with Crippen molar-refractivity contribution in [1.29, 1.82) is 0 Å². The summed E-state index contributed by atoms with van der Waals surface area (Å²) in [7, 11) is 0. The van der Waals surface area contributed by atoms with Gasteiger partial charge in [0.05, 0.1) is 18.7 Å². The number of aromatic amines is 1. The van der Waals surface area contributed by atoms with Crippen LogP contribution in [0, 0.1) is 6.92 Å². The van der Waals surface area contributed by atoms with Crippen LogP contribution >= 0.6 is 0 Å². The van der Waals surface area contributed by atoms with Crippen molar-refractivity contribution in [1.82, 2.24) is 29.7 Å². The molecule has 3 aromatic heterocycles. The molecule has 0 spiro atoms. The summed E-state index contributed by atoms with van der Waals surface area (Å²) in [4.78, 5) is 16.4. The first-order valence-electron chi connectivity index (χ1n) is 10.3. The van der Waals surface area contributed by atoms with Crippen LogP contribution in [0.25, 0.3) is 39.0 Å². The lowest BCUT2D eigenvalue weighted by molar-refractivity contribution is 0.122. The molecule has 1 aliphatic heterocycles. The van der Waals surface area contributed by atoms with Gasteiger partial charge in [0, 0.05) is 35.9 Å².